The molecular weight excluding hydrogens is 424 g/mol. The van der Waals surface area contributed by atoms with Gasteiger partial charge in [0.05, 0.1) is 32.7 Å². The fraction of sp³-hybridized carbons (Fsp3) is 0.250. The van der Waals surface area contributed by atoms with Crippen LogP contribution >= 0.6 is 11.8 Å². The summed E-state index contributed by atoms with van der Waals surface area (Å²) in [6.45, 7) is 1.77. The highest BCUT2D eigenvalue weighted by Crippen LogP contribution is 2.33. The third-order valence-electron chi connectivity index (χ3n) is 5.53. The molecule has 3 aromatic rings. The lowest BCUT2D eigenvalue weighted by Gasteiger charge is -2.30. The standard InChI is InChI=1S/C24H22N4O3S/c1-14(24(31)28-13-21(29)26-19-8-4-5-9-20(19)28)32-22-12-17(23(30)25-15-10-11-15)16-6-2-3-7-18(16)27-22/h2-9,12,14-15H,10-11,13H2,1H3,(H,25,30)(H,26,29)/t14-/m1/s1. The van der Waals surface area contributed by atoms with Gasteiger partial charge in [-0.05, 0) is 44.0 Å². The molecule has 1 saturated carbocycles. The number of amides is 3. The molecule has 0 spiro atoms. The van der Waals surface area contributed by atoms with Crippen molar-refractivity contribution >= 4 is 51.8 Å². The number of pyridine rings is 1. The smallest absolute Gasteiger partial charge is 0.252 e. The van der Waals surface area contributed by atoms with Crippen LogP contribution in [0.15, 0.2) is 59.6 Å². The molecule has 162 valence electrons. The van der Waals surface area contributed by atoms with Gasteiger partial charge in [0.2, 0.25) is 11.8 Å². The fourth-order valence-electron chi connectivity index (χ4n) is 3.77. The first kappa shape index (κ1) is 20.5. The quantitative estimate of drug-likeness (QED) is 0.585. The number of nitrogens with one attached hydrogen (secondary N) is 2. The lowest BCUT2D eigenvalue weighted by atomic mass is 10.1. The van der Waals surface area contributed by atoms with Crippen molar-refractivity contribution in [2.24, 2.45) is 0 Å². The van der Waals surface area contributed by atoms with Crippen molar-refractivity contribution in [3.8, 4) is 0 Å². The monoisotopic (exact) mass is 446 g/mol. The normalized spacial score (nSPS) is 16.3. The number of nitrogens with zero attached hydrogens (tertiary/aromatic N) is 2. The summed E-state index contributed by atoms with van der Waals surface area (Å²) >= 11 is 1.29. The van der Waals surface area contributed by atoms with Crippen LogP contribution in [0.4, 0.5) is 11.4 Å². The number of hydrogen-bond acceptors (Lipinski definition) is 5. The molecule has 1 aromatic heterocycles. The summed E-state index contributed by atoms with van der Waals surface area (Å²) in [4.78, 5) is 44.4. The van der Waals surface area contributed by atoms with E-state index >= 15 is 0 Å². The summed E-state index contributed by atoms with van der Waals surface area (Å²) in [5.41, 5.74) is 2.57. The number of benzene rings is 2. The van der Waals surface area contributed by atoms with E-state index in [1.54, 1.807) is 19.1 Å². The number of rotatable bonds is 5. The van der Waals surface area contributed by atoms with E-state index in [2.05, 4.69) is 15.6 Å². The number of aromatic nitrogens is 1. The van der Waals surface area contributed by atoms with Crippen LogP contribution < -0.4 is 15.5 Å². The minimum Gasteiger partial charge on any atom is -0.349 e. The first-order valence-corrected chi connectivity index (χ1v) is 11.4. The van der Waals surface area contributed by atoms with Gasteiger partial charge in [0.25, 0.3) is 5.91 Å². The fourth-order valence-corrected chi connectivity index (χ4v) is 4.70. The van der Waals surface area contributed by atoms with E-state index in [4.69, 9.17) is 0 Å². The highest BCUT2D eigenvalue weighted by Gasteiger charge is 2.31. The van der Waals surface area contributed by atoms with E-state index in [0.29, 0.717) is 27.5 Å². The van der Waals surface area contributed by atoms with Gasteiger partial charge in [-0.25, -0.2) is 4.98 Å². The number of carbonyl (C=O) groups excluding carboxylic acids is 3. The average Bonchev–Trinajstić information content (AvgIpc) is 3.61. The number of anilines is 2. The van der Waals surface area contributed by atoms with Gasteiger partial charge < -0.3 is 10.6 Å². The Kier molecular flexibility index (Phi) is 5.30. The summed E-state index contributed by atoms with van der Waals surface area (Å²) in [7, 11) is 0. The second-order valence-corrected chi connectivity index (χ2v) is 9.38. The molecule has 0 unspecified atom stereocenters. The Bertz CT molecular complexity index is 1240. The second-order valence-electron chi connectivity index (χ2n) is 8.02. The number of carbonyl (C=O) groups is 3. The zero-order valence-electron chi connectivity index (χ0n) is 17.5. The van der Waals surface area contributed by atoms with Crippen molar-refractivity contribution < 1.29 is 14.4 Å². The molecule has 0 saturated heterocycles. The molecule has 2 heterocycles. The van der Waals surface area contributed by atoms with Gasteiger partial charge in [-0.3, -0.25) is 19.3 Å². The van der Waals surface area contributed by atoms with Crippen LogP contribution in [0, 0.1) is 0 Å². The van der Waals surface area contributed by atoms with Crippen LogP contribution in [-0.2, 0) is 9.59 Å². The summed E-state index contributed by atoms with van der Waals surface area (Å²) in [6, 6.07) is 16.8. The lowest BCUT2D eigenvalue weighted by molar-refractivity contribution is -0.121. The predicted octanol–water partition coefficient (Wildman–Crippen LogP) is 3.59. The van der Waals surface area contributed by atoms with Crippen LogP contribution in [0.5, 0.6) is 0 Å². The molecule has 0 radical (unpaired) electrons. The molecule has 2 aliphatic rings. The minimum absolute atomic E-state index is 0.0268. The molecule has 0 bridgehead atoms. The van der Waals surface area contributed by atoms with Gasteiger partial charge in [-0.15, -0.1) is 0 Å². The predicted molar refractivity (Wildman–Crippen MR) is 125 cm³/mol. The Labute approximate surface area is 189 Å². The van der Waals surface area contributed by atoms with E-state index in [1.165, 1.54) is 16.7 Å². The number of para-hydroxylation sites is 3. The molecule has 7 nitrogen and oxygen atoms in total. The molecule has 8 heteroatoms. The molecule has 1 aliphatic carbocycles. The molecule has 2 aromatic carbocycles. The third-order valence-corrected chi connectivity index (χ3v) is 6.54. The Balaban J connectivity index is 1.42. The van der Waals surface area contributed by atoms with Gasteiger partial charge in [-0.1, -0.05) is 42.1 Å². The maximum Gasteiger partial charge on any atom is 0.252 e. The van der Waals surface area contributed by atoms with Crippen molar-refractivity contribution in [1.82, 2.24) is 10.3 Å². The number of thioether (sulfide) groups is 1. The first-order valence-electron chi connectivity index (χ1n) is 10.6. The SMILES string of the molecule is C[C@@H](Sc1cc(C(=O)NC2CC2)c2ccccc2n1)C(=O)N1CC(=O)Nc2ccccc21. The van der Waals surface area contributed by atoms with E-state index in [-0.39, 0.29) is 30.3 Å². The zero-order chi connectivity index (χ0) is 22.2. The topological polar surface area (TPSA) is 91.4 Å². The second kappa shape index (κ2) is 8.27. The van der Waals surface area contributed by atoms with Crippen LogP contribution in [0.2, 0.25) is 0 Å². The van der Waals surface area contributed by atoms with Gasteiger partial charge in [0, 0.05) is 11.4 Å². The zero-order valence-corrected chi connectivity index (χ0v) is 18.3. The van der Waals surface area contributed by atoms with Gasteiger partial charge in [0.15, 0.2) is 0 Å². The Morgan fingerprint density at radius 1 is 1.16 bits per heavy atom. The van der Waals surface area contributed by atoms with Gasteiger partial charge >= 0.3 is 0 Å². The van der Waals surface area contributed by atoms with Crippen molar-refractivity contribution in [2.45, 2.75) is 36.1 Å². The maximum absolute atomic E-state index is 13.3. The lowest BCUT2D eigenvalue weighted by Crippen LogP contribution is -2.45. The summed E-state index contributed by atoms with van der Waals surface area (Å²) in [5, 5.41) is 6.72. The van der Waals surface area contributed by atoms with E-state index in [1.807, 2.05) is 42.5 Å². The molecule has 2 N–H and O–H groups in total. The highest BCUT2D eigenvalue weighted by molar-refractivity contribution is 8.00. The minimum atomic E-state index is -0.498. The summed E-state index contributed by atoms with van der Waals surface area (Å²) in [6.07, 6.45) is 2.01. The highest BCUT2D eigenvalue weighted by atomic mass is 32.2. The Morgan fingerprint density at radius 2 is 1.91 bits per heavy atom. The average molecular weight is 447 g/mol. The van der Waals surface area contributed by atoms with E-state index in [0.717, 1.165) is 18.2 Å². The molecule has 1 atom stereocenters. The molecule has 3 amide bonds. The van der Waals surface area contributed by atoms with E-state index < -0.39 is 5.25 Å². The van der Waals surface area contributed by atoms with Crippen molar-refractivity contribution in [3.63, 3.8) is 0 Å². The largest absolute Gasteiger partial charge is 0.349 e. The van der Waals surface area contributed by atoms with Crippen LogP contribution in [0.1, 0.15) is 30.1 Å². The molecular formula is C24H22N4O3S. The molecule has 1 aliphatic heterocycles. The number of fused-ring (bicyclic) bond motifs is 2. The molecule has 1 fully saturated rings. The van der Waals surface area contributed by atoms with Crippen molar-refractivity contribution in [3.05, 3.63) is 60.2 Å². The third kappa shape index (κ3) is 4.05. The van der Waals surface area contributed by atoms with Crippen molar-refractivity contribution in [2.75, 3.05) is 16.8 Å². The van der Waals surface area contributed by atoms with Crippen LogP contribution in [-0.4, -0.2) is 40.5 Å². The first-order chi connectivity index (χ1) is 15.5. The van der Waals surface area contributed by atoms with E-state index in [9.17, 15) is 14.4 Å². The molecule has 5 rings (SSSR count). The number of hydrogen-bond donors (Lipinski definition) is 2. The Hall–Kier alpha value is -3.39. The van der Waals surface area contributed by atoms with Gasteiger partial charge in [-0.2, -0.15) is 0 Å². The Morgan fingerprint density at radius 3 is 2.72 bits per heavy atom. The van der Waals surface area contributed by atoms with Crippen molar-refractivity contribution in [1.29, 1.82) is 0 Å². The van der Waals surface area contributed by atoms with Gasteiger partial charge in [0.1, 0.15) is 6.54 Å². The maximum atomic E-state index is 13.3. The summed E-state index contributed by atoms with van der Waals surface area (Å²) < 4.78 is 0. The molecule has 32 heavy (non-hydrogen) atoms. The van der Waals surface area contributed by atoms with Crippen LogP contribution in [0.3, 0.4) is 0 Å². The summed E-state index contributed by atoms with van der Waals surface area (Å²) in [5.74, 6) is -0.526. The van der Waals surface area contributed by atoms with Crippen LogP contribution in [0.25, 0.3) is 10.9 Å².